The van der Waals surface area contributed by atoms with E-state index in [4.69, 9.17) is 5.73 Å². The van der Waals surface area contributed by atoms with Crippen LogP contribution < -0.4 is 5.73 Å². The number of nitrogens with two attached hydrogens (primary N) is 1. The smallest absolute Gasteiger partial charge is 0.106 e. The monoisotopic (exact) mass is 268 g/mol. The largest absolute Gasteiger partial charge is 0.320 e. The van der Waals surface area contributed by atoms with Gasteiger partial charge in [-0.05, 0) is 45.1 Å². The third kappa shape index (κ3) is 2.03. The Morgan fingerprint density at radius 2 is 2.29 bits per heavy atom. The molecule has 2 aromatic heterocycles. The highest BCUT2D eigenvalue weighted by atomic mass is 79.9. The molecule has 72 valence electrons. The highest BCUT2D eigenvalue weighted by Crippen LogP contribution is 2.24. The Kier molecular flexibility index (Phi) is 2.96. The van der Waals surface area contributed by atoms with Crippen molar-refractivity contribution in [2.24, 2.45) is 5.73 Å². The standard InChI is InChI=1S/C10H9BrN2S/c11-9-6-7(3-4-13-9)10(12)8-2-1-5-14-8/h1-6,10H,12H2/t10-/m0/s1. The van der Waals surface area contributed by atoms with Crippen LogP contribution in [-0.2, 0) is 0 Å². The molecule has 0 aliphatic heterocycles. The molecular weight excluding hydrogens is 260 g/mol. The summed E-state index contributed by atoms with van der Waals surface area (Å²) < 4.78 is 0.821. The maximum atomic E-state index is 6.09. The molecule has 0 fully saturated rings. The molecule has 4 heteroatoms. The fraction of sp³-hybridized carbons (Fsp3) is 0.100. The molecule has 0 aliphatic carbocycles. The van der Waals surface area contributed by atoms with Crippen LogP contribution in [0.2, 0.25) is 0 Å². The predicted molar refractivity (Wildman–Crippen MR) is 62.3 cm³/mol. The third-order valence-corrected chi connectivity index (χ3v) is 3.35. The van der Waals surface area contributed by atoms with Gasteiger partial charge in [-0.1, -0.05) is 6.07 Å². The van der Waals surface area contributed by atoms with Crippen molar-refractivity contribution in [1.82, 2.24) is 4.98 Å². The van der Waals surface area contributed by atoms with Gasteiger partial charge in [0.25, 0.3) is 0 Å². The Balaban J connectivity index is 2.32. The quantitative estimate of drug-likeness (QED) is 0.851. The molecule has 0 spiro atoms. The van der Waals surface area contributed by atoms with Crippen LogP contribution in [0.4, 0.5) is 0 Å². The van der Waals surface area contributed by atoms with E-state index < -0.39 is 0 Å². The van der Waals surface area contributed by atoms with Gasteiger partial charge in [-0.3, -0.25) is 0 Å². The lowest BCUT2D eigenvalue weighted by Crippen LogP contribution is -2.10. The first-order valence-corrected chi connectivity index (χ1v) is 5.85. The van der Waals surface area contributed by atoms with Gasteiger partial charge >= 0.3 is 0 Å². The second-order valence-electron chi connectivity index (χ2n) is 2.90. The average Bonchev–Trinajstić information content (AvgIpc) is 2.69. The molecule has 2 rings (SSSR count). The van der Waals surface area contributed by atoms with Crippen LogP contribution >= 0.6 is 27.3 Å². The highest BCUT2D eigenvalue weighted by molar-refractivity contribution is 9.10. The van der Waals surface area contributed by atoms with Gasteiger partial charge in [0, 0.05) is 11.1 Å². The molecule has 2 nitrogen and oxygen atoms in total. The zero-order valence-corrected chi connectivity index (χ0v) is 9.75. The summed E-state index contributed by atoms with van der Waals surface area (Å²) in [6.45, 7) is 0. The second-order valence-corrected chi connectivity index (χ2v) is 4.70. The minimum absolute atomic E-state index is 0.0469. The highest BCUT2D eigenvalue weighted by Gasteiger charge is 2.09. The first-order chi connectivity index (χ1) is 6.77. The van der Waals surface area contributed by atoms with Gasteiger partial charge in [0.05, 0.1) is 6.04 Å². The number of pyridine rings is 1. The van der Waals surface area contributed by atoms with Crippen molar-refractivity contribution in [2.45, 2.75) is 6.04 Å². The number of halogens is 1. The molecule has 0 radical (unpaired) electrons. The summed E-state index contributed by atoms with van der Waals surface area (Å²) in [6, 6.07) is 7.90. The fourth-order valence-corrected chi connectivity index (χ4v) is 2.38. The maximum Gasteiger partial charge on any atom is 0.106 e. The van der Waals surface area contributed by atoms with Crippen LogP contribution in [-0.4, -0.2) is 4.98 Å². The number of hydrogen-bond donors (Lipinski definition) is 1. The van der Waals surface area contributed by atoms with Crippen LogP contribution in [0.1, 0.15) is 16.5 Å². The van der Waals surface area contributed by atoms with Gasteiger partial charge < -0.3 is 5.73 Å². The summed E-state index contributed by atoms with van der Waals surface area (Å²) in [5, 5.41) is 2.03. The fourth-order valence-electron chi connectivity index (χ4n) is 1.24. The SMILES string of the molecule is N[C@@H](c1ccnc(Br)c1)c1cccs1. The summed E-state index contributed by atoms with van der Waals surface area (Å²) in [6.07, 6.45) is 1.76. The first kappa shape index (κ1) is 9.83. The summed E-state index contributed by atoms with van der Waals surface area (Å²) in [7, 11) is 0. The zero-order valence-electron chi connectivity index (χ0n) is 7.35. The van der Waals surface area contributed by atoms with Crippen LogP contribution in [0.3, 0.4) is 0 Å². The van der Waals surface area contributed by atoms with E-state index in [0.717, 1.165) is 10.2 Å². The first-order valence-electron chi connectivity index (χ1n) is 4.18. The van der Waals surface area contributed by atoms with Gasteiger partial charge in [0.2, 0.25) is 0 Å². The molecule has 1 atom stereocenters. The molecule has 2 aromatic rings. The summed E-state index contributed by atoms with van der Waals surface area (Å²) >= 11 is 5.00. The van der Waals surface area contributed by atoms with Crippen LogP contribution in [0.5, 0.6) is 0 Å². The Bertz CT molecular complexity index is 414. The molecule has 0 saturated heterocycles. The van der Waals surface area contributed by atoms with Gasteiger partial charge in [0.1, 0.15) is 4.60 Å². The number of thiophene rings is 1. The van der Waals surface area contributed by atoms with Gasteiger partial charge in [-0.15, -0.1) is 11.3 Å². The topological polar surface area (TPSA) is 38.9 Å². The normalized spacial score (nSPS) is 12.7. The molecule has 0 unspecified atom stereocenters. The summed E-state index contributed by atoms with van der Waals surface area (Å²) in [5.74, 6) is 0. The van der Waals surface area contributed by atoms with Crippen molar-refractivity contribution in [1.29, 1.82) is 0 Å². The van der Waals surface area contributed by atoms with Crippen LogP contribution in [0.25, 0.3) is 0 Å². The molecule has 0 amide bonds. The van der Waals surface area contributed by atoms with Crippen molar-refractivity contribution in [2.75, 3.05) is 0 Å². The van der Waals surface area contributed by atoms with Crippen molar-refractivity contribution in [3.63, 3.8) is 0 Å². The average molecular weight is 269 g/mol. The van der Waals surface area contributed by atoms with E-state index >= 15 is 0 Å². The van der Waals surface area contributed by atoms with Crippen molar-refractivity contribution in [3.8, 4) is 0 Å². The van der Waals surface area contributed by atoms with E-state index in [2.05, 4.69) is 20.9 Å². The number of nitrogens with zero attached hydrogens (tertiary/aromatic N) is 1. The van der Waals surface area contributed by atoms with E-state index in [9.17, 15) is 0 Å². The number of aromatic nitrogens is 1. The molecule has 0 aliphatic rings. The van der Waals surface area contributed by atoms with E-state index in [0.29, 0.717) is 0 Å². The Labute approximate surface area is 94.9 Å². The molecule has 2 heterocycles. The minimum Gasteiger partial charge on any atom is -0.320 e. The van der Waals surface area contributed by atoms with E-state index in [1.54, 1.807) is 17.5 Å². The molecule has 0 aromatic carbocycles. The molecule has 2 N–H and O–H groups in total. The van der Waals surface area contributed by atoms with Crippen molar-refractivity contribution >= 4 is 27.3 Å². The maximum absolute atomic E-state index is 6.09. The van der Waals surface area contributed by atoms with E-state index in [1.807, 2.05) is 29.6 Å². The third-order valence-electron chi connectivity index (χ3n) is 1.96. The lowest BCUT2D eigenvalue weighted by molar-refractivity contribution is 0.887. The lowest BCUT2D eigenvalue weighted by atomic mass is 10.1. The Hall–Kier alpha value is -0.710. The van der Waals surface area contributed by atoms with Crippen molar-refractivity contribution < 1.29 is 0 Å². The van der Waals surface area contributed by atoms with Crippen LogP contribution in [0.15, 0.2) is 40.4 Å². The van der Waals surface area contributed by atoms with Gasteiger partial charge in [0.15, 0.2) is 0 Å². The molecule has 0 saturated carbocycles. The summed E-state index contributed by atoms with van der Waals surface area (Å²) in [5.41, 5.74) is 7.17. The van der Waals surface area contributed by atoms with Gasteiger partial charge in [-0.2, -0.15) is 0 Å². The number of hydrogen-bond acceptors (Lipinski definition) is 3. The van der Waals surface area contributed by atoms with Crippen molar-refractivity contribution in [3.05, 3.63) is 50.9 Å². The second kappa shape index (κ2) is 4.21. The number of rotatable bonds is 2. The lowest BCUT2D eigenvalue weighted by Gasteiger charge is -2.09. The summed E-state index contributed by atoms with van der Waals surface area (Å²) in [4.78, 5) is 5.24. The molecule has 14 heavy (non-hydrogen) atoms. The predicted octanol–water partition coefficient (Wildman–Crippen LogP) is 2.95. The Morgan fingerprint density at radius 3 is 2.93 bits per heavy atom. The Morgan fingerprint density at radius 1 is 1.43 bits per heavy atom. The molecule has 0 bridgehead atoms. The van der Waals surface area contributed by atoms with E-state index in [1.165, 1.54) is 4.88 Å². The minimum atomic E-state index is -0.0469. The van der Waals surface area contributed by atoms with Gasteiger partial charge in [-0.25, -0.2) is 4.98 Å². The molecular formula is C10H9BrN2S. The zero-order chi connectivity index (χ0) is 9.97. The van der Waals surface area contributed by atoms with E-state index in [-0.39, 0.29) is 6.04 Å². The van der Waals surface area contributed by atoms with Crippen LogP contribution in [0, 0.1) is 0 Å².